The summed E-state index contributed by atoms with van der Waals surface area (Å²) in [5.74, 6) is -0.817. The fourth-order valence-corrected chi connectivity index (χ4v) is 3.80. The molecule has 30 heavy (non-hydrogen) atoms. The van der Waals surface area contributed by atoms with Crippen molar-refractivity contribution in [1.29, 1.82) is 0 Å². The molecule has 6 nitrogen and oxygen atoms in total. The minimum atomic E-state index is -1.33. The lowest BCUT2D eigenvalue weighted by Gasteiger charge is -2.25. The number of benzene rings is 2. The molecule has 2 atom stereocenters. The summed E-state index contributed by atoms with van der Waals surface area (Å²) in [5, 5.41) is 6.21. The van der Waals surface area contributed by atoms with Crippen LogP contribution in [0.25, 0.3) is 0 Å². The average molecular weight is 448 g/mol. The Kier molecular flexibility index (Phi) is 6.38. The maximum atomic E-state index is 13.0. The number of rotatable bonds is 6. The zero-order chi connectivity index (χ0) is 22.1. The number of carbonyl (C=O) groups excluding carboxylic acids is 3. The molecule has 0 bridgehead atoms. The van der Waals surface area contributed by atoms with Gasteiger partial charge in [-0.25, -0.2) is 4.79 Å². The number of urea groups is 1. The average Bonchev–Trinajstić information content (AvgIpc) is 2.92. The van der Waals surface area contributed by atoms with Crippen LogP contribution in [0.15, 0.2) is 48.5 Å². The van der Waals surface area contributed by atoms with Gasteiger partial charge < -0.3 is 10.6 Å². The van der Waals surface area contributed by atoms with Crippen LogP contribution in [0.5, 0.6) is 0 Å². The first kappa shape index (κ1) is 22.1. The van der Waals surface area contributed by atoms with Gasteiger partial charge in [0.2, 0.25) is 5.91 Å². The summed E-state index contributed by atoms with van der Waals surface area (Å²) in [6, 6.07) is 13.4. The third-order valence-electron chi connectivity index (χ3n) is 5.22. The number of hydrogen-bond donors (Lipinski definition) is 2. The fraction of sp³-hybridized carbons (Fsp3) is 0.318. The standard InChI is InChI=1S/C22H23Cl2N3O3/c1-13(2)19(14-7-5-4-6-8-14)25-18(28)12-27-20(29)22(3,26-21(27)30)15-9-10-16(23)17(24)11-15/h4-11,13,19H,12H2,1-3H3,(H,25,28)(H,26,30). The molecule has 4 amide bonds. The predicted molar refractivity (Wildman–Crippen MR) is 116 cm³/mol. The Bertz CT molecular complexity index is 981. The highest BCUT2D eigenvalue weighted by molar-refractivity contribution is 6.42. The van der Waals surface area contributed by atoms with Crippen molar-refractivity contribution >= 4 is 41.0 Å². The number of halogens is 2. The molecule has 0 aliphatic carbocycles. The van der Waals surface area contributed by atoms with Crippen molar-refractivity contribution in [2.24, 2.45) is 5.92 Å². The summed E-state index contributed by atoms with van der Waals surface area (Å²) in [5.41, 5.74) is 0.115. The molecule has 0 spiro atoms. The first-order valence-corrected chi connectivity index (χ1v) is 10.3. The lowest BCUT2D eigenvalue weighted by atomic mass is 9.92. The summed E-state index contributed by atoms with van der Waals surface area (Å²) in [4.78, 5) is 39.2. The number of nitrogens with one attached hydrogen (secondary N) is 2. The molecule has 2 aromatic carbocycles. The van der Waals surface area contributed by atoms with Crippen LogP contribution in [0.1, 0.15) is 37.9 Å². The Morgan fingerprint density at radius 2 is 1.77 bits per heavy atom. The van der Waals surface area contributed by atoms with E-state index in [1.54, 1.807) is 19.1 Å². The highest BCUT2D eigenvalue weighted by atomic mass is 35.5. The third-order valence-corrected chi connectivity index (χ3v) is 5.95. The van der Waals surface area contributed by atoms with Crippen LogP contribution in [0.3, 0.4) is 0 Å². The van der Waals surface area contributed by atoms with Crippen molar-refractivity contribution in [3.05, 3.63) is 69.7 Å². The van der Waals surface area contributed by atoms with Crippen LogP contribution in [0.2, 0.25) is 10.0 Å². The second-order valence-electron chi connectivity index (χ2n) is 7.78. The van der Waals surface area contributed by atoms with Gasteiger partial charge in [-0.3, -0.25) is 14.5 Å². The van der Waals surface area contributed by atoms with E-state index in [0.717, 1.165) is 10.5 Å². The molecule has 0 radical (unpaired) electrons. The molecule has 1 heterocycles. The van der Waals surface area contributed by atoms with E-state index in [9.17, 15) is 14.4 Å². The number of hydrogen-bond acceptors (Lipinski definition) is 3. The zero-order valence-electron chi connectivity index (χ0n) is 16.9. The summed E-state index contributed by atoms with van der Waals surface area (Å²) in [7, 11) is 0. The zero-order valence-corrected chi connectivity index (χ0v) is 18.4. The highest BCUT2D eigenvalue weighted by Gasteiger charge is 2.49. The Morgan fingerprint density at radius 3 is 2.37 bits per heavy atom. The van der Waals surface area contributed by atoms with E-state index in [2.05, 4.69) is 10.6 Å². The van der Waals surface area contributed by atoms with E-state index in [1.165, 1.54) is 6.07 Å². The van der Waals surface area contributed by atoms with Gasteiger partial charge in [-0.05, 0) is 36.1 Å². The molecule has 2 unspecified atom stereocenters. The molecule has 1 aliphatic rings. The van der Waals surface area contributed by atoms with Gasteiger partial charge in [-0.2, -0.15) is 0 Å². The number of imide groups is 1. The van der Waals surface area contributed by atoms with Crippen molar-refractivity contribution in [3.63, 3.8) is 0 Å². The molecule has 0 aromatic heterocycles. The van der Waals surface area contributed by atoms with Gasteiger partial charge >= 0.3 is 6.03 Å². The topological polar surface area (TPSA) is 78.5 Å². The molecule has 158 valence electrons. The summed E-state index contributed by atoms with van der Waals surface area (Å²) >= 11 is 12.0. The summed E-state index contributed by atoms with van der Waals surface area (Å²) in [6.07, 6.45) is 0. The van der Waals surface area contributed by atoms with Crippen molar-refractivity contribution < 1.29 is 14.4 Å². The predicted octanol–water partition coefficient (Wildman–Crippen LogP) is 4.27. The molecule has 1 saturated heterocycles. The normalized spacial score (nSPS) is 19.7. The van der Waals surface area contributed by atoms with E-state index >= 15 is 0 Å². The smallest absolute Gasteiger partial charge is 0.325 e. The quantitative estimate of drug-likeness (QED) is 0.648. The molecular weight excluding hydrogens is 425 g/mol. The number of carbonyl (C=O) groups is 3. The van der Waals surface area contributed by atoms with E-state index in [1.807, 2.05) is 44.2 Å². The molecule has 3 rings (SSSR count). The SMILES string of the molecule is CC(C)C(NC(=O)CN1C(=O)NC(C)(c2ccc(Cl)c(Cl)c2)C1=O)c1ccccc1. The maximum Gasteiger partial charge on any atom is 0.325 e. The first-order valence-electron chi connectivity index (χ1n) is 9.57. The third kappa shape index (κ3) is 4.30. The highest BCUT2D eigenvalue weighted by Crippen LogP contribution is 2.33. The van der Waals surface area contributed by atoms with Crippen LogP contribution in [0, 0.1) is 5.92 Å². The van der Waals surface area contributed by atoms with Gasteiger partial charge in [0.15, 0.2) is 0 Å². The van der Waals surface area contributed by atoms with Gasteiger partial charge in [0.25, 0.3) is 5.91 Å². The Hall–Kier alpha value is -2.57. The fourth-order valence-electron chi connectivity index (χ4n) is 3.50. The molecule has 1 fully saturated rings. The van der Waals surface area contributed by atoms with E-state index in [-0.39, 0.29) is 23.5 Å². The van der Waals surface area contributed by atoms with Crippen LogP contribution in [0.4, 0.5) is 4.79 Å². The Labute approximate surface area is 185 Å². The Balaban J connectivity index is 1.76. The maximum absolute atomic E-state index is 13.0. The summed E-state index contributed by atoms with van der Waals surface area (Å²) < 4.78 is 0. The monoisotopic (exact) mass is 447 g/mol. The van der Waals surface area contributed by atoms with Crippen LogP contribution < -0.4 is 10.6 Å². The Morgan fingerprint density at radius 1 is 1.10 bits per heavy atom. The van der Waals surface area contributed by atoms with Crippen LogP contribution in [-0.2, 0) is 15.1 Å². The first-order chi connectivity index (χ1) is 14.1. The van der Waals surface area contributed by atoms with E-state index in [0.29, 0.717) is 10.6 Å². The number of amides is 4. The van der Waals surface area contributed by atoms with Gasteiger partial charge in [0.1, 0.15) is 12.1 Å². The molecule has 8 heteroatoms. The van der Waals surface area contributed by atoms with Gasteiger partial charge in [-0.1, -0.05) is 73.4 Å². The van der Waals surface area contributed by atoms with E-state index in [4.69, 9.17) is 23.2 Å². The lowest BCUT2D eigenvalue weighted by Crippen LogP contribution is -2.44. The van der Waals surface area contributed by atoms with Gasteiger partial charge in [-0.15, -0.1) is 0 Å². The molecule has 2 aromatic rings. The van der Waals surface area contributed by atoms with Gasteiger partial charge in [0.05, 0.1) is 16.1 Å². The summed E-state index contributed by atoms with van der Waals surface area (Å²) in [6.45, 7) is 5.18. The molecule has 1 aliphatic heterocycles. The van der Waals surface area contributed by atoms with Crippen LogP contribution in [-0.4, -0.2) is 29.3 Å². The second-order valence-corrected chi connectivity index (χ2v) is 8.59. The second kappa shape index (κ2) is 8.66. The minimum Gasteiger partial charge on any atom is -0.347 e. The van der Waals surface area contributed by atoms with Crippen molar-refractivity contribution in [2.75, 3.05) is 6.54 Å². The minimum absolute atomic E-state index is 0.126. The lowest BCUT2D eigenvalue weighted by molar-refractivity contribution is -0.135. The molecular formula is C22H23Cl2N3O3. The van der Waals surface area contributed by atoms with Crippen molar-refractivity contribution in [1.82, 2.24) is 15.5 Å². The molecule has 2 N–H and O–H groups in total. The number of nitrogens with zero attached hydrogens (tertiary/aromatic N) is 1. The van der Waals surface area contributed by atoms with Gasteiger partial charge in [0, 0.05) is 0 Å². The van der Waals surface area contributed by atoms with Crippen molar-refractivity contribution in [2.45, 2.75) is 32.4 Å². The van der Waals surface area contributed by atoms with Crippen LogP contribution >= 0.6 is 23.2 Å². The molecule has 0 saturated carbocycles. The van der Waals surface area contributed by atoms with Crippen molar-refractivity contribution in [3.8, 4) is 0 Å². The van der Waals surface area contributed by atoms with E-state index < -0.39 is 23.4 Å². The largest absolute Gasteiger partial charge is 0.347 e.